The highest BCUT2D eigenvalue weighted by atomic mass is 19.4. The number of carbonyl (C=O) groups is 1. The minimum atomic E-state index is -4.54. The number of alkyl halides is 3. The molecule has 0 aliphatic carbocycles. The topological polar surface area (TPSA) is 76.7 Å². The molecule has 5 nitrogen and oxygen atoms in total. The lowest BCUT2D eigenvalue weighted by Crippen LogP contribution is -2.24. The zero-order valence-corrected chi connectivity index (χ0v) is 9.28. The van der Waals surface area contributed by atoms with E-state index in [2.05, 4.69) is 5.10 Å². The Morgan fingerprint density at radius 1 is 1.50 bits per heavy atom. The molecule has 1 rings (SSSR count). The van der Waals surface area contributed by atoms with Crippen molar-refractivity contribution >= 4 is 12.2 Å². The lowest BCUT2D eigenvalue weighted by Gasteiger charge is -2.13. The number of rotatable bonds is 3. The second kappa shape index (κ2) is 5.39. The van der Waals surface area contributed by atoms with Crippen LogP contribution in [0.5, 0.6) is 5.75 Å². The van der Waals surface area contributed by atoms with E-state index >= 15 is 0 Å². The van der Waals surface area contributed by atoms with Crippen molar-refractivity contribution in [1.29, 1.82) is 0 Å². The molecule has 0 spiro atoms. The number of hydrogen-bond donors (Lipinski definition) is 2. The molecule has 18 heavy (non-hydrogen) atoms. The number of urea groups is 1. The molecule has 2 amide bonds. The van der Waals surface area contributed by atoms with Crippen LogP contribution in [0.4, 0.5) is 18.0 Å². The molecule has 98 valence electrons. The standard InChI is InChI=1S/C10H10F3N3O2/c1-18-8-6(5-15-16-9(14)17)3-2-4-7(8)10(11,12)13/h2-5H,1H3,(H3,14,16,17). The Labute approximate surface area is 100 Å². The monoisotopic (exact) mass is 261 g/mol. The van der Waals surface area contributed by atoms with Crippen molar-refractivity contribution in [2.24, 2.45) is 10.8 Å². The fourth-order valence-corrected chi connectivity index (χ4v) is 1.27. The average Bonchev–Trinajstić information content (AvgIpc) is 2.27. The van der Waals surface area contributed by atoms with Crippen molar-refractivity contribution in [3.63, 3.8) is 0 Å². The van der Waals surface area contributed by atoms with Gasteiger partial charge in [0.2, 0.25) is 0 Å². The number of primary amides is 1. The van der Waals surface area contributed by atoms with Gasteiger partial charge in [-0.3, -0.25) is 0 Å². The summed E-state index contributed by atoms with van der Waals surface area (Å²) in [4.78, 5) is 10.4. The Morgan fingerprint density at radius 2 is 2.17 bits per heavy atom. The van der Waals surface area contributed by atoms with Crippen molar-refractivity contribution in [3.8, 4) is 5.75 Å². The Bertz CT molecular complexity index is 472. The predicted octanol–water partition coefficient (Wildman–Crippen LogP) is 1.72. The third kappa shape index (κ3) is 3.37. The molecule has 0 aliphatic heterocycles. The molecule has 0 atom stereocenters. The molecule has 0 fully saturated rings. The van der Waals surface area contributed by atoms with E-state index < -0.39 is 17.8 Å². The molecule has 0 saturated heterocycles. The van der Waals surface area contributed by atoms with Crippen LogP contribution in [-0.2, 0) is 6.18 Å². The third-order valence-corrected chi connectivity index (χ3v) is 1.93. The summed E-state index contributed by atoms with van der Waals surface area (Å²) in [6, 6.07) is 2.53. The van der Waals surface area contributed by atoms with Gasteiger partial charge in [-0.1, -0.05) is 6.07 Å². The lowest BCUT2D eigenvalue weighted by molar-refractivity contribution is -0.138. The molecule has 1 aromatic carbocycles. The summed E-state index contributed by atoms with van der Waals surface area (Å²) < 4.78 is 42.7. The number of carbonyl (C=O) groups excluding carboxylic acids is 1. The highest BCUT2D eigenvalue weighted by molar-refractivity contribution is 5.85. The van der Waals surface area contributed by atoms with Gasteiger partial charge in [-0.05, 0) is 12.1 Å². The SMILES string of the molecule is COc1c(C=NNC(N)=O)cccc1C(F)(F)F. The number of methoxy groups -OCH3 is 1. The van der Waals surface area contributed by atoms with Gasteiger partial charge in [-0.25, -0.2) is 10.2 Å². The normalized spacial score (nSPS) is 11.6. The molecule has 0 aromatic heterocycles. The second-order valence-electron chi connectivity index (χ2n) is 3.16. The Hall–Kier alpha value is -2.25. The zero-order valence-electron chi connectivity index (χ0n) is 9.28. The molecule has 0 saturated carbocycles. The quantitative estimate of drug-likeness (QED) is 0.642. The summed E-state index contributed by atoms with van der Waals surface area (Å²) in [6.07, 6.45) is -3.52. The van der Waals surface area contributed by atoms with Crippen molar-refractivity contribution in [1.82, 2.24) is 5.43 Å². The highest BCUT2D eigenvalue weighted by Gasteiger charge is 2.34. The maximum atomic E-state index is 12.7. The minimum absolute atomic E-state index is 0.0704. The van der Waals surface area contributed by atoms with E-state index in [9.17, 15) is 18.0 Å². The number of nitrogens with two attached hydrogens (primary N) is 1. The number of hydrazone groups is 1. The Balaban J connectivity index is 3.13. The number of nitrogens with zero attached hydrogens (tertiary/aromatic N) is 1. The molecular formula is C10H10F3N3O2. The molecule has 0 aliphatic rings. The molecular weight excluding hydrogens is 251 g/mol. The van der Waals surface area contributed by atoms with Gasteiger partial charge >= 0.3 is 12.2 Å². The summed E-state index contributed by atoms with van der Waals surface area (Å²) in [6.45, 7) is 0. The largest absolute Gasteiger partial charge is 0.495 e. The predicted molar refractivity (Wildman–Crippen MR) is 58.3 cm³/mol. The summed E-state index contributed by atoms with van der Waals surface area (Å²) in [5.74, 6) is -0.375. The van der Waals surface area contributed by atoms with Crippen LogP contribution in [-0.4, -0.2) is 19.4 Å². The van der Waals surface area contributed by atoms with Crippen LogP contribution in [0, 0.1) is 0 Å². The average molecular weight is 261 g/mol. The van der Waals surface area contributed by atoms with Gasteiger partial charge in [0, 0.05) is 5.56 Å². The molecule has 0 radical (unpaired) electrons. The number of benzene rings is 1. The summed E-state index contributed by atoms with van der Waals surface area (Å²) >= 11 is 0. The molecule has 0 unspecified atom stereocenters. The first-order valence-corrected chi connectivity index (χ1v) is 4.69. The zero-order chi connectivity index (χ0) is 13.8. The number of ether oxygens (including phenoxy) is 1. The van der Waals surface area contributed by atoms with Gasteiger partial charge in [-0.2, -0.15) is 18.3 Å². The van der Waals surface area contributed by atoms with E-state index in [1.54, 1.807) is 0 Å². The molecule has 0 heterocycles. The number of para-hydroxylation sites is 1. The van der Waals surface area contributed by atoms with Crippen molar-refractivity contribution in [2.45, 2.75) is 6.18 Å². The fraction of sp³-hybridized carbons (Fsp3) is 0.200. The van der Waals surface area contributed by atoms with E-state index in [0.717, 1.165) is 19.4 Å². The van der Waals surface area contributed by atoms with Gasteiger partial charge in [-0.15, -0.1) is 0 Å². The Morgan fingerprint density at radius 3 is 2.67 bits per heavy atom. The van der Waals surface area contributed by atoms with Crippen LogP contribution in [0.3, 0.4) is 0 Å². The van der Waals surface area contributed by atoms with Gasteiger partial charge in [0.15, 0.2) is 0 Å². The van der Waals surface area contributed by atoms with E-state index in [0.29, 0.717) is 0 Å². The van der Waals surface area contributed by atoms with Crippen molar-refractivity contribution in [3.05, 3.63) is 29.3 Å². The van der Waals surface area contributed by atoms with Crippen molar-refractivity contribution < 1.29 is 22.7 Å². The van der Waals surface area contributed by atoms with Crippen LogP contribution >= 0.6 is 0 Å². The molecule has 0 bridgehead atoms. The minimum Gasteiger partial charge on any atom is -0.495 e. The van der Waals surface area contributed by atoms with Crippen LogP contribution in [0.25, 0.3) is 0 Å². The molecule has 8 heteroatoms. The molecule has 1 aromatic rings. The Kier molecular flexibility index (Phi) is 4.13. The lowest BCUT2D eigenvalue weighted by atomic mass is 10.1. The maximum Gasteiger partial charge on any atom is 0.419 e. The van der Waals surface area contributed by atoms with Gasteiger partial charge < -0.3 is 10.5 Å². The molecule has 3 N–H and O–H groups in total. The van der Waals surface area contributed by atoms with E-state index in [1.807, 2.05) is 5.43 Å². The first-order valence-electron chi connectivity index (χ1n) is 4.69. The van der Waals surface area contributed by atoms with E-state index in [1.165, 1.54) is 12.1 Å². The van der Waals surface area contributed by atoms with Crippen LogP contribution < -0.4 is 15.9 Å². The van der Waals surface area contributed by atoms with Crippen LogP contribution in [0.2, 0.25) is 0 Å². The third-order valence-electron chi connectivity index (χ3n) is 1.93. The number of hydrogen-bond acceptors (Lipinski definition) is 3. The van der Waals surface area contributed by atoms with E-state index in [4.69, 9.17) is 10.5 Å². The first kappa shape index (κ1) is 13.8. The number of nitrogens with one attached hydrogen (secondary N) is 1. The second-order valence-corrected chi connectivity index (χ2v) is 3.16. The first-order chi connectivity index (χ1) is 8.36. The van der Waals surface area contributed by atoms with Gasteiger partial charge in [0.05, 0.1) is 18.9 Å². The number of amides is 2. The summed E-state index contributed by atoms with van der Waals surface area (Å²) in [5.41, 5.74) is 5.77. The number of halogens is 3. The van der Waals surface area contributed by atoms with Crippen molar-refractivity contribution in [2.75, 3.05) is 7.11 Å². The smallest absolute Gasteiger partial charge is 0.419 e. The van der Waals surface area contributed by atoms with Gasteiger partial charge in [0.25, 0.3) is 0 Å². The summed E-state index contributed by atoms with van der Waals surface area (Å²) in [7, 11) is 1.11. The van der Waals surface area contributed by atoms with E-state index in [-0.39, 0.29) is 11.3 Å². The fourth-order valence-electron chi connectivity index (χ4n) is 1.27. The summed E-state index contributed by atoms with van der Waals surface area (Å²) in [5, 5.41) is 3.38. The van der Waals surface area contributed by atoms with Crippen LogP contribution in [0.1, 0.15) is 11.1 Å². The maximum absolute atomic E-state index is 12.7. The highest BCUT2D eigenvalue weighted by Crippen LogP contribution is 2.37. The van der Waals surface area contributed by atoms with Crippen LogP contribution in [0.15, 0.2) is 23.3 Å². The van der Waals surface area contributed by atoms with Gasteiger partial charge in [0.1, 0.15) is 5.75 Å².